The number of carbonyl (C=O) groups is 6. The van der Waals surface area contributed by atoms with Crippen LogP contribution in [0.5, 0.6) is 5.75 Å². The summed E-state index contributed by atoms with van der Waals surface area (Å²) in [4.78, 5) is 75.8. The van der Waals surface area contributed by atoms with Crippen molar-refractivity contribution in [2.24, 2.45) is 5.92 Å². The first-order valence-corrected chi connectivity index (χ1v) is 15.5. The van der Waals surface area contributed by atoms with E-state index in [0.29, 0.717) is 12.0 Å². The number of amides is 5. The van der Waals surface area contributed by atoms with Crippen LogP contribution >= 0.6 is 25.3 Å². The molecule has 0 spiro atoms. The SMILES string of the molecule is CC(C)C[C@H](NC(=O)[C@H](CS)NC(=O)CNC(=O)[C@@H]1CCCN1)C(=O)N[C@@H](Cc1ccc(O)cc1)C(=O)N[C@@H](CS)C(=O)O. The van der Waals surface area contributed by atoms with Gasteiger partial charge in [0.25, 0.3) is 0 Å². The molecule has 1 heterocycles. The Kier molecular flexibility index (Phi) is 15.3. The first-order valence-electron chi connectivity index (χ1n) is 14.3. The number of benzene rings is 1. The molecule has 0 radical (unpaired) electrons. The highest BCUT2D eigenvalue weighted by Gasteiger charge is 2.31. The van der Waals surface area contributed by atoms with E-state index in [-0.39, 0.29) is 54.5 Å². The number of phenols is 1. The van der Waals surface area contributed by atoms with Crippen molar-refractivity contribution in [3.63, 3.8) is 0 Å². The van der Waals surface area contributed by atoms with E-state index >= 15 is 0 Å². The lowest BCUT2D eigenvalue weighted by molar-refractivity contribution is -0.141. The number of carboxylic acids is 1. The standard InChI is InChI=1S/C28H42N6O8S2/c1-15(2)10-19(32-27(40)21(13-43)31-23(36)12-30-24(37)18-4-3-9-29-18)25(38)33-20(11-16-5-7-17(35)8-6-16)26(39)34-22(14-44)28(41)42/h5-8,15,18-22,29,35,43-44H,3-4,9-14H2,1-2H3,(H,30,37)(H,31,36)(H,32,40)(H,33,38)(H,34,39)(H,41,42)/t18-,19-,20-,21-,22-/m0/s1. The van der Waals surface area contributed by atoms with E-state index in [9.17, 15) is 39.0 Å². The fraction of sp³-hybridized carbons (Fsp3) is 0.571. The molecule has 1 aromatic carbocycles. The second-order valence-corrected chi connectivity index (χ2v) is 11.6. The Labute approximate surface area is 267 Å². The number of aliphatic carboxylic acids is 1. The quantitative estimate of drug-likeness (QED) is 0.0906. The van der Waals surface area contributed by atoms with E-state index in [2.05, 4.69) is 57.2 Å². The third-order valence-electron chi connectivity index (χ3n) is 6.78. The smallest absolute Gasteiger partial charge is 0.327 e. The molecule has 0 bridgehead atoms. The largest absolute Gasteiger partial charge is 0.508 e. The topological polar surface area (TPSA) is 215 Å². The third kappa shape index (κ3) is 12.2. The molecular formula is C28H42N6O8S2. The van der Waals surface area contributed by atoms with Crippen LogP contribution in [0.4, 0.5) is 0 Å². The zero-order chi connectivity index (χ0) is 32.8. The molecule has 0 aliphatic carbocycles. The zero-order valence-corrected chi connectivity index (χ0v) is 26.5. The molecule has 8 N–H and O–H groups in total. The molecule has 16 heteroatoms. The van der Waals surface area contributed by atoms with Gasteiger partial charge in [0.1, 0.15) is 29.9 Å². The molecule has 1 aliphatic rings. The van der Waals surface area contributed by atoms with E-state index in [1.54, 1.807) is 12.1 Å². The van der Waals surface area contributed by atoms with Crippen molar-refractivity contribution in [1.29, 1.82) is 0 Å². The number of hydrogen-bond donors (Lipinski definition) is 10. The summed E-state index contributed by atoms with van der Waals surface area (Å²) in [7, 11) is 0. The summed E-state index contributed by atoms with van der Waals surface area (Å²) in [6.07, 6.45) is 1.66. The third-order valence-corrected chi connectivity index (χ3v) is 7.51. The molecule has 5 amide bonds. The Hall–Kier alpha value is -3.50. The average molecular weight is 655 g/mol. The summed E-state index contributed by atoms with van der Waals surface area (Å²) in [6.45, 7) is 4.04. The van der Waals surface area contributed by atoms with Gasteiger partial charge in [-0.25, -0.2) is 4.79 Å². The van der Waals surface area contributed by atoms with E-state index in [1.807, 2.05) is 13.8 Å². The Balaban J connectivity index is 2.12. The number of nitrogens with one attached hydrogen (secondary N) is 6. The van der Waals surface area contributed by atoms with Crippen molar-refractivity contribution in [2.45, 2.75) is 69.7 Å². The molecule has 244 valence electrons. The maximum Gasteiger partial charge on any atom is 0.327 e. The van der Waals surface area contributed by atoms with Crippen LogP contribution < -0.4 is 31.9 Å². The van der Waals surface area contributed by atoms with Crippen molar-refractivity contribution in [1.82, 2.24) is 31.9 Å². The highest BCUT2D eigenvalue weighted by molar-refractivity contribution is 7.80. The van der Waals surface area contributed by atoms with Crippen molar-refractivity contribution < 1.29 is 39.0 Å². The Morgan fingerprint density at radius 1 is 0.864 bits per heavy atom. The van der Waals surface area contributed by atoms with Crippen LogP contribution in [0.15, 0.2) is 24.3 Å². The van der Waals surface area contributed by atoms with Crippen molar-refractivity contribution >= 4 is 60.8 Å². The molecule has 44 heavy (non-hydrogen) atoms. The number of thiol groups is 2. The van der Waals surface area contributed by atoms with Crippen LogP contribution in [0.1, 0.15) is 38.7 Å². The lowest BCUT2D eigenvalue weighted by atomic mass is 10.0. The summed E-state index contributed by atoms with van der Waals surface area (Å²) >= 11 is 8.12. The van der Waals surface area contributed by atoms with Crippen LogP contribution in [-0.4, -0.2) is 101 Å². The van der Waals surface area contributed by atoms with E-state index in [4.69, 9.17) is 0 Å². The van der Waals surface area contributed by atoms with E-state index in [1.165, 1.54) is 12.1 Å². The Morgan fingerprint density at radius 2 is 1.43 bits per heavy atom. The molecule has 1 fully saturated rings. The molecule has 14 nitrogen and oxygen atoms in total. The average Bonchev–Trinajstić information content (AvgIpc) is 3.52. The van der Waals surface area contributed by atoms with Gasteiger partial charge in [0, 0.05) is 17.9 Å². The van der Waals surface area contributed by atoms with Gasteiger partial charge in [0.05, 0.1) is 12.6 Å². The number of rotatable bonds is 17. The zero-order valence-electron chi connectivity index (χ0n) is 24.7. The molecule has 2 rings (SSSR count). The number of hydrogen-bond acceptors (Lipinski definition) is 10. The number of aromatic hydroxyl groups is 1. The predicted octanol–water partition coefficient (Wildman–Crippen LogP) is -1.27. The molecule has 1 aliphatic heterocycles. The number of phenolic OH excluding ortho intramolecular Hbond substituents is 1. The number of carbonyl (C=O) groups excluding carboxylic acids is 5. The van der Waals surface area contributed by atoms with Crippen molar-refractivity contribution in [3.05, 3.63) is 29.8 Å². The van der Waals surface area contributed by atoms with Gasteiger partial charge in [-0.2, -0.15) is 25.3 Å². The molecule has 0 saturated carbocycles. The molecule has 1 aromatic rings. The van der Waals surface area contributed by atoms with Gasteiger partial charge in [-0.15, -0.1) is 0 Å². The maximum atomic E-state index is 13.5. The van der Waals surface area contributed by atoms with E-state index in [0.717, 1.165) is 13.0 Å². The lowest BCUT2D eigenvalue weighted by Crippen LogP contribution is -2.59. The second kappa shape index (κ2) is 18.3. The summed E-state index contributed by atoms with van der Waals surface area (Å²) in [5, 5.41) is 34.6. The highest BCUT2D eigenvalue weighted by Crippen LogP contribution is 2.13. The lowest BCUT2D eigenvalue weighted by Gasteiger charge is -2.26. The van der Waals surface area contributed by atoms with Gasteiger partial charge >= 0.3 is 5.97 Å². The van der Waals surface area contributed by atoms with Gasteiger partial charge in [-0.05, 0) is 49.4 Å². The minimum absolute atomic E-state index is 0.00134. The molecular weight excluding hydrogens is 612 g/mol. The summed E-state index contributed by atoms with van der Waals surface area (Å²) < 4.78 is 0. The molecule has 1 saturated heterocycles. The Morgan fingerprint density at radius 3 is 1.98 bits per heavy atom. The fourth-order valence-electron chi connectivity index (χ4n) is 4.42. The van der Waals surface area contributed by atoms with Crippen LogP contribution in [0.25, 0.3) is 0 Å². The van der Waals surface area contributed by atoms with E-state index < -0.39 is 53.8 Å². The second-order valence-electron chi connectivity index (χ2n) is 10.9. The number of carboxylic acid groups (broad SMARTS) is 1. The minimum atomic E-state index is -1.31. The van der Waals surface area contributed by atoms with Crippen LogP contribution in [-0.2, 0) is 35.2 Å². The molecule has 5 atom stereocenters. The monoisotopic (exact) mass is 654 g/mol. The normalized spacial score (nSPS) is 17.1. The van der Waals surface area contributed by atoms with Gasteiger partial charge in [0.15, 0.2) is 0 Å². The highest BCUT2D eigenvalue weighted by atomic mass is 32.1. The van der Waals surface area contributed by atoms with Crippen LogP contribution in [0.2, 0.25) is 0 Å². The first kappa shape index (κ1) is 36.7. The summed E-state index contributed by atoms with van der Waals surface area (Å²) in [5.41, 5.74) is 0.569. The van der Waals surface area contributed by atoms with Crippen LogP contribution in [0.3, 0.4) is 0 Å². The summed E-state index contributed by atoms with van der Waals surface area (Å²) in [6, 6.07) is 0.756. The molecule has 0 unspecified atom stereocenters. The van der Waals surface area contributed by atoms with Crippen molar-refractivity contribution in [3.8, 4) is 5.75 Å². The van der Waals surface area contributed by atoms with Crippen molar-refractivity contribution in [2.75, 3.05) is 24.6 Å². The van der Waals surface area contributed by atoms with Gasteiger partial charge < -0.3 is 42.1 Å². The van der Waals surface area contributed by atoms with Gasteiger partial charge in [0.2, 0.25) is 29.5 Å². The first-order chi connectivity index (χ1) is 20.8. The van der Waals surface area contributed by atoms with Gasteiger partial charge in [-0.3, -0.25) is 24.0 Å². The summed E-state index contributed by atoms with van der Waals surface area (Å²) in [5.74, 6) is -4.77. The fourth-order valence-corrected chi connectivity index (χ4v) is 4.93. The molecule has 0 aromatic heterocycles. The van der Waals surface area contributed by atoms with Gasteiger partial charge in [-0.1, -0.05) is 26.0 Å². The maximum absolute atomic E-state index is 13.5. The predicted molar refractivity (Wildman–Crippen MR) is 168 cm³/mol. The minimum Gasteiger partial charge on any atom is -0.508 e. The Bertz CT molecular complexity index is 1160. The van der Waals surface area contributed by atoms with Crippen LogP contribution in [0, 0.1) is 5.92 Å².